The van der Waals surface area contributed by atoms with Crippen LogP contribution in [0.5, 0.6) is 0 Å². The van der Waals surface area contributed by atoms with E-state index in [-0.39, 0.29) is 0 Å². The van der Waals surface area contributed by atoms with Crippen LogP contribution in [0.2, 0.25) is 5.15 Å². The molecule has 2 rings (SSSR count). The number of aromatic nitrogens is 2. The van der Waals surface area contributed by atoms with Gasteiger partial charge in [-0.2, -0.15) is 0 Å². The average Bonchev–Trinajstić information content (AvgIpc) is 3.24. The van der Waals surface area contributed by atoms with Crippen molar-refractivity contribution in [2.45, 2.75) is 26.4 Å². The van der Waals surface area contributed by atoms with Crippen LogP contribution in [0, 0.1) is 5.92 Å². The molecule has 0 N–H and O–H groups in total. The topological polar surface area (TPSA) is 47.5 Å². The van der Waals surface area contributed by atoms with E-state index in [0.717, 1.165) is 24.9 Å². The fourth-order valence-corrected chi connectivity index (χ4v) is 1.95. The number of halogens is 1. The zero-order valence-corrected chi connectivity index (χ0v) is 12.9. The van der Waals surface area contributed by atoms with Crippen molar-refractivity contribution in [2.24, 2.45) is 5.92 Å². The van der Waals surface area contributed by atoms with E-state index in [1.165, 1.54) is 12.8 Å². The van der Waals surface area contributed by atoms with Gasteiger partial charge in [0.1, 0.15) is 17.6 Å². The number of hydrogen-bond donors (Lipinski definition) is 0. The highest BCUT2D eigenvalue weighted by Gasteiger charge is 2.21. The van der Waals surface area contributed by atoms with E-state index in [9.17, 15) is 0 Å². The zero-order valence-electron chi connectivity index (χ0n) is 12.1. The highest BCUT2D eigenvalue weighted by atomic mass is 35.5. The van der Waals surface area contributed by atoms with Crippen LogP contribution in [0.3, 0.4) is 0 Å². The van der Waals surface area contributed by atoms with Crippen molar-refractivity contribution >= 4 is 17.4 Å². The second-order valence-electron chi connectivity index (χ2n) is 5.04. The van der Waals surface area contributed by atoms with E-state index in [4.69, 9.17) is 21.1 Å². The summed E-state index contributed by atoms with van der Waals surface area (Å²) in [4.78, 5) is 10.6. The molecule has 0 amide bonds. The molecule has 0 aromatic carbocycles. The minimum atomic E-state index is 0.385. The Morgan fingerprint density at radius 2 is 2.15 bits per heavy atom. The molecule has 0 saturated heterocycles. The molecule has 1 heterocycles. The number of nitrogens with zero attached hydrogens (tertiary/aromatic N) is 3. The van der Waals surface area contributed by atoms with Crippen molar-refractivity contribution in [3.63, 3.8) is 0 Å². The van der Waals surface area contributed by atoms with Gasteiger partial charge >= 0.3 is 0 Å². The third-order valence-electron chi connectivity index (χ3n) is 3.18. The van der Waals surface area contributed by atoms with Crippen LogP contribution >= 0.6 is 11.6 Å². The number of likely N-dealkylation sites (N-methyl/N-ethyl adjacent to an activating group) is 1. The third-order valence-corrected chi connectivity index (χ3v) is 3.37. The molecule has 112 valence electrons. The number of rotatable bonds is 9. The van der Waals surface area contributed by atoms with Gasteiger partial charge in [-0.3, -0.25) is 0 Å². The summed E-state index contributed by atoms with van der Waals surface area (Å²) in [5.41, 5.74) is 0. The van der Waals surface area contributed by atoms with E-state index in [1.807, 2.05) is 18.9 Å². The molecule has 0 aliphatic heterocycles. The van der Waals surface area contributed by atoms with Crippen LogP contribution in [-0.4, -0.2) is 43.4 Å². The van der Waals surface area contributed by atoms with Gasteiger partial charge in [0.05, 0.1) is 6.61 Å². The van der Waals surface area contributed by atoms with Crippen LogP contribution in [0.1, 0.15) is 25.6 Å². The number of ether oxygens (including phenoxy) is 2. The largest absolute Gasteiger partial charge is 0.379 e. The molecule has 0 unspecified atom stereocenters. The summed E-state index contributed by atoms with van der Waals surface area (Å²) in [7, 11) is 1.98. The fraction of sp³-hybridized carbons (Fsp3) is 0.714. The molecule has 1 fully saturated rings. The van der Waals surface area contributed by atoms with Gasteiger partial charge in [0.25, 0.3) is 0 Å². The van der Waals surface area contributed by atoms with Crippen molar-refractivity contribution < 1.29 is 9.47 Å². The van der Waals surface area contributed by atoms with Crippen molar-refractivity contribution in [1.82, 2.24) is 9.97 Å². The third kappa shape index (κ3) is 5.23. The van der Waals surface area contributed by atoms with Crippen LogP contribution in [0.4, 0.5) is 5.82 Å². The van der Waals surface area contributed by atoms with Gasteiger partial charge in [-0.25, -0.2) is 9.97 Å². The summed E-state index contributed by atoms with van der Waals surface area (Å²) in [6, 6.07) is 1.76. The maximum atomic E-state index is 6.02. The van der Waals surface area contributed by atoms with Gasteiger partial charge in [0.2, 0.25) is 0 Å². The second kappa shape index (κ2) is 7.76. The van der Waals surface area contributed by atoms with E-state index in [0.29, 0.717) is 30.8 Å². The Balaban J connectivity index is 1.83. The minimum absolute atomic E-state index is 0.385. The summed E-state index contributed by atoms with van der Waals surface area (Å²) in [6.45, 7) is 5.33. The standard InChI is InChI=1S/C14H22ClN3O2/c1-3-19-10-13-16-12(15)8-14(17-13)18(2)6-7-20-9-11-4-5-11/h8,11H,3-7,9-10H2,1-2H3. The first-order valence-electron chi connectivity index (χ1n) is 7.09. The van der Waals surface area contributed by atoms with Crippen molar-refractivity contribution in [2.75, 3.05) is 38.3 Å². The molecule has 1 aromatic rings. The quantitative estimate of drug-likeness (QED) is 0.518. The smallest absolute Gasteiger partial charge is 0.158 e. The lowest BCUT2D eigenvalue weighted by Gasteiger charge is -2.18. The highest BCUT2D eigenvalue weighted by Crippen LogP contribution is 2.28. The maximum Gasteiger partial charge on any atom is 0.158 e. The number of hydrogen-bond acceptors (Lipinski definition) is 5. The van der Waals surface area contributed by atoms with Gasteiger partial charge < -0.3 is 14.4 Å². The first-order chi connectivity index (χ1) is 9.69. The van der Waals surface area contributed by atoms with Crippen LogP contribution in [0.15, 0.2) is 6.07 Å². The van der Waals surface area contributed by atoms with Crippen LogP contribution < -0.4 is 4.90 Å². The predicted molar refractivity (Wildman–Crippen MR) is 79.2 cm³/mol. The van der Waals surface area contributed by atoms with Crippen molar-refractivity contribution in [3.8, 4) is 0 Å². The summed E-state index contributed by atoms with van der Waals surface area (Å²) >= 11 is 6.02. The zero-order chi connectivity index (χ0) is 14.4. The molecule has 1 aliphatic carbocycles. The Morgan fingerprint density at radius 3 is 2.85 bits per heavy atom. The molecule has 0 bridgehead atoms. The Hall–Kier alpha value is -0.910. The summed E-state index contributed by atoms with van der Waals surface area (Å²) in [5, 5.41) is 0.440. The van der Waals surface area contributed by atoms with Gasteiger partial charge in [-0.05, 0) is 25.7 Å². The van der Waals surface area contributed by atoms with Gasteiger partial charge in [0.15, 0.2) is 5.82 Å². The molecule has 1 saturated carbocycles. The van der Waals surface area contributed by atoms with Gasteiger partial charge in [0, 0.05) is 32.9 Å². The summed E-state index contributed by atoms with van der Waals surface area (Å²) < 4.78 is 10.9. The normalized spacial score (nSPS) is 14.6. The van der Waals surface area contributed by atoms with Crippen molar-refractivity contribution in [3.05, 3.63) is 17.0 Å². The van der Waals surface area contributed by atoms with Gasteiger partial charge in [-0.15, -0.1) is 0 Å². The molecular formula is C14H22ClN3O2. The molecule has 1 aromatic heterocycles. The number of anilines is 1. The Labute approximate surface area is 125 Å². The van der Waals surface area contributed by atoms with Crippen LogP contribution in [0.25, 0.3) is 0 Å². The highest BCUT2D eigenvalue weighted by molar-refractivity contribution is 6.29. The molecule has 0 atom stereocenters. The second-order valence-corrected chi connectivity index (χ2v) is 5.43. The Bertz CT molecular complexity index is 427. The monoisotopic (exact) mass is 299 g/mol. The lowest BCUT2D eigenvalue weighted by molar-refractivity contribution is 0.128. The molecule has 1 aliphatic rings. The molecule has 0 spiro atoms. The SMILES string of the molecule is CCOCc1nc(Cl)cc(N(C)CCOCC2CC2)n1. The lowest BCUT2D eigenvalue weighted by Crippen LogP contribution is -2.24. The summed E-state index contributed by atoms with van der Waals surface area (Å²) in [5.74, 6) is 2.21. The van der Waals surface area contributed by atoms with Gasteiger partial charge in [-0.1, -0.05) is 11.6 Å². The lowest BCUT2D eigenvalue weighted by atomic mass is 10.4. The molecular weight excluding hydrogens is 278 g/mol. The maximum absolute atomic E-state index is 6.02. The predicted octanol–water partition coefficient (Wildman–Crippen LogP) is 2.53. The molecule has 0 radical (unpaired) electrons. The average molecular weight is 300 g/mol. The molecule has 20 heavy (non-hydrogen) atoms. The van der Waals surface area contributed by atoms with Crippen LogP contribution in [-0.2, 0) is 16.1 Å². The Kier molecular flexibility index (Phi) is 6.01. The van der Waals surface area contributed by atoms with E-state index < -0.39 is 0 Å². The Morgan fingerprint density at radius 1 is 1.35 bits per heavy atom. The van der Waals surface area contributed by atoms with Crippen molar-refractivity contribution in [1.29, 1.82) is 0 Å². The minimum Gasteiger partial charge on any atom is -0.379 e. The fourth-order valence-electron chi connectivity index (χ4n) is 1.76. The molecule has 5 nitrogen and oxygen atoms in total. The summed E-state index contributed by atoms with van der Waals surface area (Å²) in [6.07, 6.45) is 2.64. The molecule has 6 heteroatoms. The van der Waals surface area contributed by atoms with E-state index in [1.54, 1.807) is 6.07 Å². The van der Waals surface area contributed by atoms with E-state index in [2.05, 4.69) is 9.97 Å². The van der Waals surface area contributed by atoms with E-state index >= 15 is 0 Å². The first kappa shape index (κ1) is 15.5. The first-order valence-corrected chi connectivity index (χ1v) is 7.47.